The third kappa shape index (κ3) is 1.31. The van der Waals surface area contributed by atoms with Crippen LogP contribution in [-0.4, -0.2) is 14.9 Å². The topological polar surface area (TPSA) is 64.1 Å². The number of nitrogens with zero attached hydrogens (tertiary/aromatic N) is 2. The molecular weight excluding hydrogens is 178 g/mol. The van der Waals surface area contributed by atoms with Crippen molar-refractivity contribution in [3.8, 4) is 11.4 Å². The van der Waals surface area contributed by atoms with Crippen molar-refractivity contribution in [2.24, 2.45) is 0 Å². The Labute approximate surface area is 81.6 Å². The van der Waals surface area contributed by atoms with Crippen molar-refractivity contribution in [3.05, 3.63) is 36.2 Å². The van der Waals surface area contributed by atoms with Crippen LogP contribution in [0.25, 0.3) is 5.69 Å². The van der Waals surface area contributed by atoms with Crippen LogP contribution in [0, 0.1) is 6.92 Å². The summed E-state index contributed by atoms with van der Waals surface area (Å²) in [6.45, 7) is 1.91. The quantitative estimate of drug-likeness (QED) is 0.527. The monoisotopic (exact) mass is 189 g/mol. The molecule has 72 valence electrons. The van der Waals surface area contributed by atoms with Gasteiger partial charge in [-0.15, -0.1) is 0 Å². The summed E-state index contributed by atoms with van der Waals surface area (Å²) >= 11 is 0. The lowest BCUT2D eigenvalue weighted by Gasteiger charge is -2.07. The van der Waals surface area contributed by atoms with Gasteiger partial charge in [0.05, 0.1) is 0 Å². The SMILES string of the molecule is Cc1ccnn1-c1cc(N)ccc1O. The summed E-state index contributed by atoms with van der Waals surface area (Å²) in [7, 11) is 0. The second-order valence-electron chi connectivity index (χ2n) is 3.13. The molecule has 14 heavy (non-hydrogen) atoms. The third-order valence-electron chi connectivity index (χ3n) is 2.06. The fourth-order valence-corrected chi connectivity index (χ4v) is 1.33. The molecule has 0 radical (unpaired) electrons. The Morgan fingerprint density at radius 2 is 2.14 bits per heavy atom. The standard InChI is InChI=1S/C10H11N3O/c1-7-4-5-12-13(7)9-6-8(11)2-3-10(9)14/h2-6,14H,11H2,1H3. The fourth-order valence-electron chi connectivity index (χ4n) is 1.33. The lowest BCUT2D eigenvalue weighted by atomic mass is 10.2. The van der Waals surface area contributed by atoms with Crippen molar-refractivity contribution in [2.75, 3.05) is 5.73 Å². The number of aryl methyl sites for hydroxylation is 1. The summed E-state index contributed by atoms with van der Waals surface area (Å²) in [5, 5.41) is 13.7. The molecule has 0 bridgehead atoms. The molecule has 4 heteroatoms. The molecule has 0 aliphatic heterocycles. The highest BCUT2D eigenvalue weighted by Crippen LogP contribution is 2.24. The van der Waals surface area contributed by atoms with Gasteiger partial charge in [-0.05, 0) is 31.2 Å². The highest BCUT2D eigenvalue weighted by Gasteiger charge is 2.06. The summed E-state index contributed by atoms with van der Waals surface area (Å²) in [6, 6.07) is 6.77. The Morgan fingerprint density at radius 1 is 1.36 bits per heavy atom. The van der Waals surface area contributed by atoms with E-state index in [1.807, 2.05) is 13.0 Å². The molecule has 0 saturated carbocycles. The first kappa shape index (κ1) is 8.62. The normalized spacial score (nSPS) is 10.4. The summed E-state index contributed by atoms with van der Waals surface area (Å²) in [6.07, 6.45) is 1.68. The van der Waals surface area contributed by atoms with Crippen molar-refractivity contribution < 1.29 is 5.11 Å². The van der Waals surface area contributed by atoms with Crippen LogP contribution in [0.15, 0.2) is 30.5 Å². The molecule has 2 aromatic rings. The minimum atomic E-state index is 0.172. The molecule has 0 spiro atoms. The number of phenols is 1. The fraction of sp³-hybridized carbons (Fsp3) is 0.100. The zero-order chi connectivity index (χ0) is 10.1. The Bertz CT molecular complexity index is 462. The van der Waals surface area contributed by atoms with Gasteiger partial charge in [0.2, 0.25) is 0 Å². The van der Waals surface area contributed by atoms with Gasteiger partial charge in [0, 0.05) is 17.6 Å². The van der Waals surface area contributed by atoms with Gasteiger partial charge in [0.25, 0.3) is 0 Å². The number of aromatic nitrogens is 2. The van der Waals surface area contributed by atoms with Gasteiger partial charge in [-0.3, -0.25) is 0 Å². The highest BCUT2D eigenvalue weighted by atomic mass is 16.3. The largest absolute Gasteiger partial charge is 0.506 e. The van der Waals surface area contributed by atoms with E-state index in [0.29, 0.717) is 11.4 Å². The number of hydrogen-bond acceptors (Lipinski definition) is 3. The van der Waals surface area contributed by atoms with Gasteiger partial charge < -0.3 is 10.8 Å². The van der Waals surface area contributed by atoms with Crippen LogP contribution in [0.4, 0.5) is 5.69 Å². The molecule has 0 atom stereocenters. The number of hydrogen-bond donors (Lipinski definition) is 2. The summed E-state index contributed by atoms with van der Waals surface area (Å²) in [5.41, 5.74) is 7.79. The van der Waals surface area contributed by atoms with Gasteiger partial charge >= 0.3 is 0 Å². The van der Waals surface area contributed by atoms with E-state index in [0.717, 1.165) is 5.69 Å². The number of benzene rings is 1. The van der Waals surface area contributed by atoms with Gasteiger partial charge in [-0.25, -0.2) is 4.68 Å². The summed E-state index contributed by atoms with van der Waals surface area (Å²) in [4.78, 5) is 0. The van der Waals surface area contributed by atoms with Crippen LogP contribution in [0.3, 0.4) is 0 Å². The Hall–Kier alpha value is -1.97. The first-order valence-corrected chi connectivity index (χ1v) is 4.28. The number of nitrogen functional groups attached to an aromatic ring is 1. The second kappa shape index (κ2) is 3.06. The first-order chi connectivity index (χ1) is 6.68. The number of anilines is 1. The lowest BCUT2D eigenvalue weighted by molar-refractivity contribution is 0.470. The number of phenolic OH excluding ortho intramolecular Hbond substituents is 1. The lowest BCUT2D eigenvalue weighted by Crippen LogP contribution is -1.99. The van der Waals surface area contributed by atoms with E-state index in [1.165, 1.54) is 0 Å². The van der Waals surface area contributed by atoms with E-state index >= 15 is 0 Å². The maximum Gasteiger partial charge on any atom is 0.141 e. The van der Waals surface area contributed by atoms with Crippen LogP contribution >= 0.6 is 0 Å². The predicted octanol–water partition coefficient (Wildman–Crippen LogP) is 1.47. The molecule has 0 amide bonds. The van der Waals surface area contributed by atoms with E-state index in [1.54, 1.807) is 29.1 Å². The smallest absolute Gasteiger partial charge is 0.141 e. The average Bonchev–Trinajstić information content (AvgIpc) is 2.56. The molecule has 1 aromatic carbocycles. The molecule has 1 aromatic heterocycles. The van der Waals surface area contributed by atoms with Crippen molar-refractivity contribution in [1.82, 2.24) is 9.78 Å². The zero-order valence-electron chi connectivity index (χ0n) is 7.81. The van der Waals surface area contributed by atoms with Crippen LogP contribution < -0.4 is 5.73 Å². The van der Waals surface area contributed by atoms with Crippen LogP contribution in [0.2, 0.25) is 0 Å². The van der Waals surface area contributed by atoms with Crippen molar-refractivity contribution in [1.29, 1.82) is 0 Å². The molecule has 0 saturated heterocycles. The van der Waals surface area contributed by atoms with Gasteiger partial charge in [-0.2, -0.15) is 5.10 Å². The Morgan fingerprint density at radius 3 is 2.79 bits per heavy atom. The zero-order valence-corrected chi connectivity index (χ0v) is 7.81. The average molecular weight is 189 g/mol. The minimum Gasteiger partial charge on any atom is -0.506 e. The van der Waals surface area contributed by atoms with Crippen molar-refractivity contribution in [3.63, 3.8) is 0 Å². The maximum atomic E-state index is 9.61. The molecule has 2 rings (SSSR count). The molecule has 3 N–H and O–H groups in total. The van der Waals surface area contributed by atoms with Gasteiger partial charge in [0.1, 0.15) is 11.4 Å². The second-order valence-corrected chi connectivity index (χ2v) is 3.13. The molecule has 4 nitrogen and oxygen atoms in total. The third-order valence-corrected chi connectivity index (χ3v) is 2.06. The van der Waals surface area contributed by atoms with Crippen molar-refractivity contribution in [2.45, 2.75) is 6.92 Å². The molecule has 0 aliphatic carbocycles. The number of nitrogens with two attached hydrogens (primary N) is 1. The van der Waals surface area contributed by atoms with Crippen LogP contribution in [-0.2, 0) is 0 Å². The van der Waals surface area contributed by atoms with E-state index in [2.05, 4.69) is 5.10 Å². The summed E-state index contributed by atoms with van der Waals surface area (Å²) < 4.78 is 1.64. The number of aromatic hydroxyl groups is 1. The van der Waals surface area contributed by atoms with Crippen molar-refractivity contribution >= 4 is 5.69 Å². The van der Waals surface area contributed by atoms with E-state index in [4.69, 9.17) is 5.73 Å². The molecular formula is C10H11N3O. The summed E-state index contributed by atoms with van der Waals surface area (Å²) in [5.74, 6) is 0.172. The molecule has 0 fully saturated rings. The van der Waals surface area contributed by atoms with Crippen LogP contribution in [0.5, 0.6) is 5.75 Å². The van der Waals surface area contributed by atoms with E-state index < -0.39 is 0 Å². The Balaban J connectivity index is 2.62. The molecule has 0 unspecified atom stereocenters. The Kier molecular flexibility index (Phi) is 1.89. The predicted molar refractivity (Wildman–Crippen MR) is 54.4 cm³/mol. The van der Waals surface area contributed by atoms with Gasteiger partial charge in [0.15, 0.2) is 0 Å². The molecule has 0 aliphatic rings. The van der Waals surface area contributed by atoms with E-state index in [9.17, 15) is 5.11 Å². The molecule has 1 heterocycles. The highest BCUT2D eigenvalue weighted by molar-refractivity contribution is 5.55. The minimum absolute atomic E-state index is 0.172. The maximum absolute atomic E-state index is 9.61. The first-order valence-electron chi connectivity index (χ1n) is 4.28. The number of rotatable bonds is 1. The van der Waals surface area contributed by atoms with Crippen LogP contribution in [0.1, 0.15) is 5.69 Å². The van der Waals surface area contributed by atoms with Gasteiger partial charge in [-0.1, -0.05) is 0 Å². The van der Waals surface area contributed by atoms with E-state index in [-0.39, 0.29) is 5.75 Å².